The van der Waals surface area contributed by atoms with Gasteiger partial charge in [-0.1, -0.05) is 30.3 Å². The van der Waals surface area contributed by atoms with Gasteiger partial charge in [-0.25, -0.2) is 14.7 Å². The van der Waals surface area contributed by atoms with Crippen molar-refractivity contribution in [1.29, 1.82) is 0 Å². The van der Waals surface area contributed by atoms with Gasteiger partial charge in [-0.3, -0.25) is 19.3 Å². The molecule has 0 spiro atoms. The molecule has 1 unspecified atom stereocenters. The molecule has 1 aromatic carbocycles. The zero-order valence-corrected chi connectivity index (χ0v) is 23.6. The summed E-state index contributed by atoms with van der Waals surface area (Å²) >= 11 is 0. The molecule has 0 bridgehead atoms. The van der Waals surface area contributed by atoms with Gasteiger partial charge in [0.2, 0.25) is 0 Å². The van der Waals surface area contributed by atoms with Gasteiger partial charge in [-0.2, -0.15) is 0 Å². The Kier molecular flexibility index (Phi) is 13.0. The number of benzene rings is 1. The van der Waals surface area contributed by atoms with Gasteiger partial charge in [0.05, 0.1) is 18.2 Å². The highest BCUT2D eigenvalue weighted by atomic mass is 16.7. The topological polar surface area (TPSA) is 121 Å². The van der Waals surface area contributed by atoms with E-state index in [-0.39, 0.29) is 25.5 Å². The lowest BCUT2D eigenvalue weighted by atomic mass is 10.2. The number of carbonyl (C=O) groups excluding carboxylic acids is 4. The summed E-state index contributed by atoms with van der Waals surface area (Å²) in [7, 11) is 1.39. The Bertz CT molecular complexity index is 961. The molecule has 1 rings (SSSR count). The fourth-order valence-electron chi connectivity index (χ4n) is 2.91. The van der Waals surface area contributed by atoms with Crippen molar-refractivity contribution in [2.45, 2.75) is 72.3 Å². The number of hydrogen-bond acceptors (Lipinski definition) is 10. The smallest absolute Gasteiger partial charge is 0.411 e. The second-order valence-electron chi connectivity index (χ2n) is 10.5. The Labute approximate surface area is 224 Å². The number of hydrogen-bond donors (Lipinski definition) is 0. The van der Waals surface area contributed by atoms with Gasteiger partial charge in [0, 0.05) is 7.11 Å². The highest BCUT2D eigenvalue weighted by Crippen LogP contribution is 2.16. The highest BCUT2D eigenvalue weighted by molar-refractivity contribution is 5.78. The monoisotopic (exact) mass is 536 g/mol. The van der Waals surface area contributed by atoms with Crippen LogP contribution in [0.2, 0.25) is 0 Å². The summed E-state index contributed by atoms with van der Waals surface area (Å²) < 4.78 is 21.1. The van der Waals surface area contributed by atoms with E-state index in [0.717, 1.165) is 15.5 Å². The lowest BCUT2D eigenvalue weighted by Crippen LogP contribution is -2.47. The van der Waals surface area contributed by atoms with E-state index in [4.69, 9.17) is 23.8 Å². The normalized spacial score (nSPS) is 12.1. The molecular weight excluding hydrogens is 496 g/mol. The van der Waals surface area contributed by atoms with E-state index in [1.165, 1.54) is 7.11 Å². The maximum absolute atomic E-state index is 12.9. The fourth-order valence-corrected chi connectivity index (χ4v) is 2.91. The van der Waals surface area contributed by atoms with Gasteiger partial charge in [0.1, 0.15) is 31.9 Å². The molecular formula is C27H40N2O9. The average molecular weight is 537 g/mol. The third-order valence-electron chi connectivity index (χ3n) is 4.54. The Hall–Kier alpha value is -3.40. The minimum absolute atomic E-state index is 0.0241. The number of carbonyl (C=O) groups is 3. The SMILES string of the molecule is COCC(=C=O)N(CC(=O)OCC(C)N(CC(=O)OCc1ccccc1)C(=O)OC(C)(C)C)OC(C)(C)C. The third-order valence-corrected chi connectivity index (χ3v) is 4.54. The molecule has 1 aromatic rings. The maximum atomic E-state index is 12.9. The Balaban J connectivity index is 2.88. The Morgan fingerprint density at radius 3 is 2.05 bits per heavy atom. The van der Waals surface area contributed by atoms with E-state index in [1.807, 2.05) is 30.3 Å². The number of nitrogens with zero attached hydrogens (tertiary/aromatic N) is 2. The number of esters is 2. The largest absolute Gasteiger partial charge is 0.462 e. The summed E-state index contributed by atoms with van der Waals surface area (Å²) in [6.45, 7) is 10.8. The molecule has 38 heavy (non-hydrogen) atoms. The molecule has 0 fully saturated rings. The summed E-state index contributed by atoms with van der Waals surface area (Å²) in [6.07, 6.45) is -0.762. The first-order valence-corrected chi connectivity index (χ1v) is 12.2. The van der Waals surface area contributed by atoms with Crippen LogP contribution in [-0.2, 0) is 44.8 Å². The third kappa shape index (κ3) is 13.2. The molecule has 212 valence electrons. The summed E-state index contributed by atoms with van der Waals surface area (Å²) in [4.78, 5) is 56.2. The maximum Gasteiger partial charge on any atom is 0.411 e. The molecule has 0 saturated heterocycles. The summed E-state index contributed by atoms with van der Waals surface area (Å²) in [5, 5.41) is 1.07. The number of methoxy groups -OCH3 is 1. The summed E-state index contributed by atoms with van der Waals surface area (Å²) in [6, 6.07) is 8.37. The molecule has 0 aliphatic carbocycles. The Morgan fingerprint density at radius 1 is 0.921 bits per heavy atom. The van der Waals surface area contributed by atoms with Crippen molar-refractivity contribution in [3.8, 4) is 0 Å². The standard InChI is InChI=1S/C27H40N2O9/c1-20(17-35-24(32)15-29(38-27(5,6)7)22(16-30)19-34-8)28(25(33)37-26(2,3)4)14-23(31)36-18-21-12-10-9-11-13-21/h9-13,20H,14-15,17-19H2,1-8H3. The second-order valence-corrected chi connectivity index (χ2v) is 10.5. The summed E-state index contributed by atoms with van der Waals surface area (Å²) in [5.41, 5.74) is -0.768. The zero-order valence-electron chi connectivity index (χ0n) is 23.6. The van der Waals surface area contributed by atoms with E-state index < -0.39 is 48.4 Å². The lowest BCUT2D eigenvalue weighted by Gasteiger charge is -2.32. The Morgan fingerprint density at radius 2 is 1.53 bits per heavy atom. The van der Waals surface area contributed by atoms with Gasteiger partial charge in [-0.15, -0.1) is 0 Å². The van der Waals surface area contributed by atoms with Crippen molar-refractivity contribution >= 4 is 24.0 Å². The predicted molar refractivity (Wildman–Crippen MR) is 138 cm³/mol. The van der Waals surface area contributed by atoms with Crippen LogP contribution in [0.25, 0.3) is 0 Å². The highest BCUT2D eigenvalue weighted by Gasteiger charge is 2.30. The predicted octanol–water partition coefficient (Wildman–Crippen LogP) is 3.29. The van der Waals surface area contributed by atoms with Crippen molar-refractivity contribution in [2.24, 2.45) is 0 Å². The van der Waals surface area contributed by atoms with E-state index in [9.17, 15) is 19.2 Å². The minimum Gasteiger partial charge on any atom is -0.462 e. The number of rotatable bonds is 13. The van der Waals surface area contributed by atoms with Crippen LogP contribution in [0.3, 0.4) is 0 Å². The zero-order chi connectivity index (χ0) is 28.9. The lowest BCUT2D eigenvalue weighted by molar-refractivity contribution is -0.215. The molecule has 0 heterocycles. The molecule has 0 aliphatic rings. The first-order valence-electron chi connectivity index (χ1n) is 12.2. The number of hydroxylamine groups is 2. The molecule has 1 atom stereocenters. The molecule has 0 N–H and O–H groups in total. The average Bonchev–Trinajstić information content (AvgIpc) is 2.81. The molecule has 0 aliphatic heterocycles. The van der Waals surface area contributed by atoms with Crippen molar-refractivity contribution in [2.75, 3.05) is 33.4 Å². The second kappa shape index (κ2) is 15.1. The van der Waals surface area contributed by atoms with E-state index in [1.54, 1.807) is 54.4 Å². The quantitative estimate of drug-likeness (QED) is 0.161. The van der Waals surface area contributed by atoms with Crippen LogP contribution >= 0.6 is 0 Å². The van der Waals surface area contributed by atoms with Gasteiger partial charge in [0.15, 0.2) is 11.6 Å². The molecule has 1 amide bonds. The van der Waals surface area contributed by atoms with Crippen LogP contribution in [0.4, 0.5) is 4.79 Å². The number of ether oxygens (including phenoxy) is 4. The van der Waals surface area contributed by atoms with E-state index in [2.05, 4.69) is 0 Å². The van der Waals surface area contributed by atoms with Gasteiger partial charge in [-0.05, 0) is 54.0 Å². The van der Waals surface area contributed by atoms with Crippen LogP contribution in [-0.4, -0.2) is 84.6 Å². The van der Waals surface area contributed by atoms with Gasteiger partial charge in [0.25, 0.3) is 0 Å². The first kappa shape index (κ1) is 32.6. The van der Waals surface area contributed by atoms with Crippen molar-refractivity contribution in [1.82, 2.24) is 9.96 Å². The van der Waals surface area contributed by atoms with Crippen LogP contribution < -0.4 is 0 Å². The van der Waals surface area contributed by atoms with Crippen molar-refractivity contribution in [3.63, 3.8) is 0 Å². The summed E-state index contributed by atoms with van der Waals surface area (Å²) in [5.74, 6) is 0.325. The van der Waals surface area contributed by atoms with E-state index >= 15 is 0 Å². The number of amides is 1. The van der Waals surface area contributed by atoms with Gasteiger partial charge >= 0.3 is 18.0 Å². The van der Waals surface area contributed by atoms with Crippen molar-refractivity contribution in [3.05, 3.63) is 41.6 Å². The van der Waals surface area contributed by atoms with Crippen LogP contribution in [0.5, 0.6) is 0 Å². The fraction of sp³-hybridized carbons (Fsp3) is 0.593. The molecule has 11 nitrogen and oxygen atoms in total. The van der Waals surface area contributed by atoms with Crippen LogP contribution in [0, 0.1) is 0 Å². The minimum atomic E-state index is -0.816. The van der Waals surface area contributed by atoms with Crippen LogP contribution in [0.1, 0.15) is 54.0 Å². The molecule has 0 saturated carbocycles. The van der Waals surface area contributed by atoms with E-state index in [0.29, 0.717) is 0 Å². The van der Waals surface area contributed by atoms with Crippen LogP contribution in [0.15, 0.2) is 36.0 Å². The molecule has 0 aromatic heterocycles. The molecule has 11 heteroatoms. The van der Waals surface area contributed by atoms with Crippen molar-refractivity contribution < 1.29 is 43.0 Å². The first-order chi connectivity index (χ1) is 17.6. The molecule has 0 radical (unpaired) electrons. The van der Waals surface area contributed by atoms with Gasteiger partial charge < -0.3 is 18.9 Å².